The van der Waals surface area contributed by atoms with Crippen LogP contribution in [0.15, 0.2) is 53.9 Å². The molecule has 2 aromatic carbocycles. The summed E-state index contributed by atoms with van der Waals surface area (Å²) < 4.78 is 5.16. The van der Waals surface area contributed by atoms with Gasteiger partial charge in [-0.15, -0.1) is 11.3 Å². The lowest BCUT2D eigenvalue weighted by atomic mass is 10.2. The molecule has 2 N–H and O–H groups in total. The van der Waals surface area contributed by atoms with Crippen LogP contribution in [0.2, 0.25) is 5.02 Å². The number of aromatic nitrogens is 1. The maximum atomic E-state index is 6.15. The number of nitrogens with zero attached hydrogens (tertiary/aromatic N) is 1. The molecule has 112 valence electrons. The summed E-state index contributed by atoms with van der Waals surface area (Å²) in [5, 5.41) is 3.34. The van der Waals surface area contributed by atoms with Crippen LogP contribution in [0.25, 0.3) is 11.3 Å². The molecule has 0 radical (unpaired) electrons. The lowest BCUT2D eigenvalue weighted by Gasteiger charge is -2.06. The SMILES string of the molecule is COc1ccc(-c2csc(NNc3ccccc3)n2)cc1Cl. The van der Waals surface area contributed by atoms with Gasteiger partial charge >= 0.3 is 0 Å². The molecule has 0 bridgehead atoms. The van der Waals surface area contributed by atoms with Crippen LogP contribution < -0.4 is 15.6 Å². The minimum Gasteiger partial charge on any atom is -0.495 e. The van der Waals surface area contributed by atoms with E-state index in [0.29, 0.717) is 10.8 Å². The summed E-state index contributed by atoms with van der Waals surface area (Å²) in [6.45, 7) is 0. The van der Waals surface area contributed by atoms with E-state index in [9.17, 15) is 0 Å². The van der Waals surface area contributed by atoms with Crippen LogP contribution in [0.4, 0.5) is 10.8 Å². The number of thiazole rings is 1. The van der Waals surface area contributed by atoms with E-state index in [1.807, 2.05) is 53.9 Å². The molecule has 0 spiro atoms. The third-order valence-corrected chi connectivity index (χ3v) is 4.09. The Labute approximate surface area is 137 Å². The van der Waals surface area contributed by atoms with Crippen LogP contribution in [0.3, 0.4) is 0 Å². The van der Waals surface area contributed by atoms with Crippen molar-refractivity contribution in [1.82, 2.24) is 4.98 Å². The van der Waals surface area contributed by atoms with Gasteiger partial charge in [0, 0.05) is 10.9 Å². The van der Waals surface area contributed by atoms with Crippen LogP contribution in [0, 0.1) is 0 Å². The van der Waals surface area contributed by atoms with E-state index in [4.69, 9.17) is 16.3 Å². The molecule has 3 aromatic rings. The third kappa shape index (κ3) is 3.32. The van der Waals surface area contributed by atoms with Crippen LogP contribution >= 0.6 is 22.9 Å². The number of methoxy groups -OCH3 is 1. The molecule has 0 unspecified atom stereocenters. The Kier molecular flexibility index (Phi) is 4.46. The first-order valence-electron chi connectivity index (χ1n) is 6.63. The monoisotopic (exact) mass is 331 g/mol. The second kappa shape index (κ2) is 6.68. The maximum absolute atomic E-state index is 6.15. The molecule has 0 amide bonds. The second-order valence-corrected chi connectivity index (χ2v) is 5.77. The molecule has 0 aliphatic rings. The molecular formula is C16H14ClN3OS. The number of para-hydroxylation sites is 1. The van der Waals surface area contributed by atoms with Crippen molar-refractivity contribution in [2.75, 3.05) is 18.0 Å². The second-order valence-electron chi connectivity index (χ2n) is 4.50. The summed E-state index contributed by atoms with van der Waals surface area (Å²) in [6, 6.07) is 15.5. The largest absolute Gasteiger partial charge is 0.495 e. The van der Waals surface area contributed by atoms with Crippen molar-refractivity contribution in [3.05, 3.63) is 58.9 Å². The number of anilines is 2. The molecule has 0 saturated heterocycles. The van der Waals surface area contributed by atoms with Crippen molar-refractivity contribution >= 4 is 33.8 Å². The number of hydrazine groups is 1. The molecular weight excluding hydrogens is 318 g/mol. The van der Waals surface area contributed by atoms with E-state index in [1.165, 1.54) is 11.3 Å². The molecule has 0 saturated carbocycles. The van der Waals surface area contributed by atoms with Gasteiger partial charge in [0.15, 0.2) is 0 Å². The topological polar surface area (TPSA) is 46.2 Å². The molecule has 0 aliphatic carbocycles. The number of benzene rings is 2. The number of halogens is 1. The standard InChI is InChI=1S/C16H14ClN3OS/c1-21-15-8-7-11(9-13(15)17)14-10-22-16(18-14)20-19-12-5-3-2-4-6-12/h2-10,19H,1H3,(H,18,20). The van der Waals surface area contributed by atoms with E-state index in [-0.39, 0.29) is 0 Å². The highest BCUT2D eigenvalue weighted by molar-refractivity contribution is 7.14. The van der Waals surface area contributed by atoms with Crippen molar-refractivity contribution in [3.8, 4) is 17.0 Å². The summed E-state index contributed by atoms with van der Waals surface area (Å²) >= 11 is 7.67. The average Bonchev–Trinajstić information content (AvgIpc) is 3.03. The van der Waals surface area contributed by atoms with Gasteiger partial charge in [-0.2, -0.15) is 0 Å². The highest BCUT2D eigenvalue weighted by Gasteiger charge is 2.07. The zero-order valence-electron chi connectivity index (χ0n) is 11.8. The lowest BCUT2D eigenvalue weighted by Crippen LogP contribution is -2.07. The van der Waals surface area contributed by atoms with Gasteiger partial charge in [-0.05, 0) is 30.3 Å². The van der Waals surface area contributed by atoms with Crippen molar-refractivity contribution < 1.29 is 4.74 Å². The average molecular weight is 332 g/mol. The van der Waals surface area contributed by atoms with Gasteiger partial charge in [-0.1, -0.05) is 29.8 Å². The summed E-state index contributed by atoms with van der Waals surface area (Å²) in [5.41, 5.74) is 8.99. The molecule has 3 rings (SSSR count). The molecule has 0 fully saturated rings. The first-order valence-corrected chi connectivity index (χ1v) is 7.88. The Morgan fingerprint density at radius 1 is 1.09 bits per heavy atom. The molecule has 0 aliphatic heterocycles. The lowest BCUT2D eigenvalue weighted by molar-refractivity contribution is 0.415. The Morgan fingerprint density at radius 3 is 2.64 bits per heavy atom. The van der Waals surface area contributed by atoms with Crippen molar-refractivity contribution in [2.24, 2.45) is 0 Å². The molecule has 6 heteroatoms. The summed E-state index contributed by atoms with van der Waals surface area (Å²) in [7, 11) is 1.60. The fourth-order valence-electron chi connectivity index (χ4n) is 1.94. The number of hydrogen-bond acceptors (Lipinski definition) is 5. The quantitative estimate of drug-likeness (QED) is 0.652. The number of nitrogens with one attached hydrogen (secondary N) is 2. The van der Waals surface area contributed by atoms with Crippen molar-refractivity contribution in [3.63, 3.8) is 0 Å². The molecule has 1 heterocycles. The smallest absolute Gasteiger partial charge is 0.202 e. The highest BCUT2D eigenvalue weighted by Crippen LogP contribution is 2.31. The Balaban J connectivity index is 1.72. The van der Waals surface area contributed by atoms with Gasteiger partial charge in [-0.25, -0.2) is 4.98 Å². The number of ether oxygens (including phenoxy) is 1. The van der Waals surface area contributed by atoms with Crippen LogP contribution in [0.5, 0.6) is 5.75 Å². The minimum absolute atomic E-state index is 0.574. The van der Waals surface area contributed by atoms with E-state index in [0.717, 1.165) is 22.1 Å². The normalized spacial score (nSPS) is 10.3. The van der Waals surface area contributed by atoms with Gasteiger partial charge in [0.1, 0.15) is 5.75 Å². The third-order valence-electron chi connectivity index (χ3n) is 3.04. The van der Waals surface area contributed by atoms with E-state index < -0.39 is 0 Å². The Hall–Kier alpha value is -2.24. The van der Waals surface area contributed by atoms with Gasteiger partial charge in [-0.3, -0.25) is 10.9 Å². The summed E-state index contributed by atoms with van der Waals surface area (Å²) in [5.74, 6) is 0.657. The van der Waals surface area contributed by atoms with E-state index in [1.54, 1.807) is 7.11 Å². The van der Waals surface area contributed by atoms with E-state index in [2.05, 4.69) is 15.8 Å². The maximum Gasteiger partial charge on any atom is 0.202 e. The Bertz CT molecular complexity index is 761. The van der Waals surface area contributed by atoms with Crippen LogP contribution in [0.1, 0.15) is 0 Å². The summed E-state index contributed by atoms with van der Waals surface area (Å²) in [6.07, 6.45) is 0. The summed E-state index contributed by atoms with van der Waals surface area (Å²) in [4.78, 5) is 4.54. The van der Waals surface area contributed by atoms with E-state index >= 15 is 0 Å². The zero-order valence-corrected chi connectivity index (χ0v) is 13.4. The zero-order chi connectivity index (χ0) is 15.4. The van der Waals surface area contributed by atoms with Crippen molar-refractivity contribution in [1.29, 1.82) is 0 Å². The van der Waals surface area contributed by atoms with Crippen molar-refractivity contribution in [2.45, 2.75) is 0 Å². The fourth-order valence-corrected chi connectivity index (χ4v) is 2.87. The fraction of sp³-hybridized carbons (Fsp3) is 0.0625. The molecule has 22 heavy (non-hydrogen) atoms. The first-order chi connectivity index (χ1) is 10.8. The highest BCUT2D eigenvalue weighted by atomic mass is 35.5. The van der Waals surface area contributed by atoms with Crippen LogP contribution in [-0.4, -0.2) is 12.1 Å². The molecule has 4 nitrogen and oxygen atoms in total. The number of hydrogen-bond donors (Lipinski definition) is 2. The van der Waals surface area contributed by atoms with Gasteiger partial charge < -0.3 is 4.74 Å². The van der Waals surface area contributed by atoms with Crippen LogP contribution in [-0.2, 0) is 0 Å². The van der Waals surface area contributed by atoms with Gasteiger partial charge in [0.05, 0.1) is 23.5 Å². The predicted molar refractivity (Wildman–Crippen MR) is 92.8 cm³/mol. The predicted octanol–water partition coefficient (Wildman–Crippen LogP) is 4.91. The minimum atomic E-state index is 0.574. The molecule has 0 atom stereocenters. The van der Waals surface area contributed by atoms with Gasteiger partial charge in [0.2, 0.25) is 5.13 Å². The van der Waals surface area contributed by atoms with Gasteiger partial charge in [0.25, 0.3) is 0 Å². The molecule has 1 aromatic heterocycles. The first kappa shape index (κ1) is 14.7. The Morgan fingerprint density at radius 2 is 1.91 bits per heavy atom. The number of rotatable bonds is 5.